The number of benzene rings is 2. The van der Waals surface area contributed by atoms with Gasteiger partial charge in [0.05, 0.1) is 6.10 Å². The molecule has 1 fully saturated rings. The van der Waals surface area contributed by atoms with Gasteiger partial charge in [-0.1, -0.05) is 18.2 Å². The molecule has 1 aliphatic carbocycles. The molecular weight excluding hydrogens is 514 g/mol. The number of phenols is 4. The highest BCUT2D eigenvalue weighted by Crippen LogP contribution is 2.33. The summed E-state index contributed by atoms with van der Waals surface area (Å²) < 4.78 is 10.7. The second kappa shape index (κ2) is 12.3. The zero-order valence-corrected chi connectivity index (χ0v) is 20.9. The number of aliphatic hydroxyl groups is 2. The van der Waals surface area contributed by atoms with E-state index in [-0.39, 0.29) is 23.7 Å². The zero-order valence-electron chi connectivity index (χ0n) is 20.9. The fourth-order valence-corrected chi connectivity index (χ4v) is 4.08. The summed E-state index contributed by atoms with van der Waals surface area (Å²) in [6, 6.07) is 7.99. The van der Waals surface area contributed by atoms with Crippen LogP contribution >= 0.6 is 0 Å². The second-order valence-electron chi connectivity index (χ2n) is 8.97. The Bertz CT molecular complexity index is 1290. The van der Waals surface area contributed by atoms with Crippen LogP contribution in [0.15, 0.2) is 54.6 Å². The lowest BCUT2D eigenvalue weighted by molar-refractivity contribution is -0.198. The summed E-state index contributed by atoms with van der Waals surface area (Å²) in [4.78, 5) is 37.3. The maximum atomic E-state index is 12.5. The van der Waals surface area contributed by atoms with E-state index >= 15 is 0 Å². The molecule has 2 aromatic carbocycles. The van der Waals surface area contributed by atoms with Gasteiger partial charge in [-0.3, -0.25) is 4.79 Å². The Balaban J connectivity index is 1.73. The van der Waals surface area contributed by atoms with Crippen molar-refractivity contribution in [1.82, 2.24) is 5.32 Å². The summed E-state index contributed by atoms with van der Waals surface area (Å²) in [5, 5.41) is 61.7. The van der Waals surface area contributed by atoms with Gasteiger partial charge in [0.2, 0.25) is 0 Å². The molecule has 0 spiro atoms. The molecule has 3 rings (SSSR count). The number of nitrogens with one attached hydrogen (secondary N) is 1. The van der Waals surface area contributed by atoms with Crippen LogP contribution in [0.5, 0.6) is 23.0 Å². The van der Waals surface area contributed by atoms with Crippen molar-refractivity contribution in [2.24, 2.45) is 0 Å². The third-order valence-electron chi connectivity index (χ3n) is 6.06. The molecule has 1 saturated carbocycles. The van der Waals surface area contributed by atoms with E-state index in [2.05, 4.69) is 5.32 Å². The average molecular weight is 544 g/mol. The van der Waals surface area contributed by atoms with Crippen LogP contribution in [0.3, 0.4) is 0 Å². The van der Waals surface area contributed by atoms with E-state index in [0.717, 1.165) is 12.2 Å². The van der Waals surface area contributed by atoms with Gasteiger partial charge >= 0.3 is 11.9 Å². The molecule has 0 bridgehead atoms. The first-order chi connectivity index (χ1) is 18.4. The van der Waals surface area contributed by atoms with Gasteiger partial charge in [0, 0.05) is 32.0 Å². The number of hydrogen-bond donors (Lipinski definition) is 7. The summed E-state index contributed by atoms with van der Waals surface area (Å²) in [5.41, 5.74) is -1.16. The number of amides is 1. The van der Waals surface area contributed by atoms with Gasteiger partial charge in [0.25, 0.3) is 5.91 Å². The van der Waals surface area contributed by atoms with Gasteiger partial charge in [-0.2, -0.15) is 0 Å². The van der Waals surface area contributed by atoms with Gasteiger partial charge < -0.3 is 45.4 Å². The summed E-state index contributed by atoms with van der Waals surface area (Å²) in [6.45, 7) is 0. The lowest BCUT2D eigenvalue weighted by atomic mass is 9.78. The molecule has 0 radical (unpaired) electrons. The molecule has 208 valence electrons. The number of esters is 2. The smallest absolute Gasteiger partial charge is 0.331 e. The zero-order chi connectivity index (χ0) is 28.7. The van der Waals surface area contributed by atoms with E-state index in [1.165, 1.54) is 55.6 Å². The third-order valence-corrected chi connectivity index (χ3v) is 6.06. The molecule has 1 amide bonds. The van der Waals surface area contributed by atoms with Crippen molar-refractivity contribution in [2.45, 2.75) is 43.2 Å². The molecule has 12 heteroatoms. The minimum absolute atomic E-state index is 0.189. The van der Waals surface area contributed by atoms with Crippen LogP contribution in [-0.4, -0.2) is 79.4 Å². The summed E-state index contributed by atoms with van der Waals surface area (Å²) in [7, 11) is 1.29. The van der Waals surface area contributed by atoms with Crippen LogP contribution in [0.2, 0.25) is 0 Å². The molecular formula is C27H29NO11. The fraction of sp³-hybridized carbons (Fsp3) is 0.296. The van der Waals surface area contributed by atoms with Crippen LogP contribution in [0, 0.1) is 0 Å². The first kappa shape index (κ1) is 29.0. The standard InChI is InChI=1S/C27H29NO11/c1-28-26(36)27(37)13-21(33)25(39-24(35)10-7-16-6-9-18(30)20(32)12-16)22(14-27)38-23(34)4-2-3-15-5-8-17(29)19(31)11-15/h2,4-12,21-22,25,29-33,37H,3,13-14H2,1H3,(H,28,36)/t21-,22-,25-,27+/m1/s1. The highest BCUT2D eigenvalue weighted by molar-refractivity contribution is 5.88. The number of phenolic OH excluding ortho intramolecular Hbond substituents is 4. The van der Waals surface area contributed by atoms with E-state index in [1.807, 2.05) is 0 Å². The molecule has 7 N–H and O–H groups in total. The molecule has 39 heavy (non-hydrogen) atoms. The first-order valence-electron chi connectivity index (χ1n) is 11.8. The SMILES string of the molecule is CNC(=O)[C@]1(O)C[C@@H](O)[C@@H](OC(=O)C=Cc2ccc(O)c(O)c2)[C@H](OC(=O)C=CCc2ccc(O)c(O)c2)C1. The van der Waals surface area contributed by atoms with Gasteiger partial charge in [0.1, 0.15) is 11.7 Å². The quantitative estimate of drug-likeness (QED) is 0.141. The van der Waals surface area contributed by atoms with Crippen molar-refractivity contribution < 1.29 is 54.5 Å². The highest BCUT2D eigenvalue weighted by atomic mass is 16.6. The Morgan fingerprint density at radius 1 is 0.923 bits per heavy atom. The molecule has 0 saturated heterocycles. The topological polar surface area (TPSA) is 203 Å². The predicted molar refractivity (Wildman–Crippen MR) is 135 cm³/mol. The van der Waals surface area contributed by atoms with Crippen LogP contribution in [0.4, 0.5) is 0 Å². The molecule has 0 aliphatic heterocycles. The number of likely N-dealkylation sites (N-methyl/N-ethyl adjacent to an activating group) is 1. The van der Waals surface area contributed by atoms with Gasteiger partial charge in [-0.05, 0) is 47.9 Å². The van der Waals surface area contributed by atoms with Crippen molar-refractivity contribution >= 4 is 23.9 Å². The van der Waals surface area contributed by atoms with Crippen LogP contribution < -0.4 is 5.32 Å². The van der Waals surface area contributed by atoms with Gasteiger partial charge in [-0.25, -0.2) is 9.59 Å². The van der Waals surface area contributed by atoms with Crippen LogP contribution in [0.1, 0.15) is 24.0 Å². The van der Waals surface area contributed by atoms with Crippen LogP contribution in [-0.2, 0) is 30.3 Å². The van der Waals surface area contributed by atoms with E-state index in [9.17, 15) is 45.0 Å². The summed E-state index contributed by atoms with van der Waals surface area (Å²) in [5.74, 6) is -4.03. The highest BCUT2D eigenvalue weighted by Gasteiger charge is 2.51. The van der Waals surface area contributed by atoms with Crippen LogP contribution in [0.25, 0.3) is 6.08 Å². The molecule has 2 aromatic rings. The van der Waals surface area contributed by atoms with Crippen molar-refractivity contribution in [3.05, 3.63) is 65.8 Å². The first-order valence-corrected chi connectivity index (χ1v) is 11.8. The monoisotopic (exact) mass is 543 g/mol. The van der Waals surface area contributed by atoms with E-state index < -0.39 is 60.3 Å². The summed E-state index contributed by atoms with van der Waals surface area (Å²) >= 11 is 0. The number of rotatable bonds is 8. The molecule has 0 aromatic heterocycles. The van der Waals surface area contributed by atoms with Gasteiger partial charge in [-0.15, -0.1) is 0 Å². The summed E-state index contributed by atoms with van der Waals surface area (Å²) in [6.07, 6.45) is -0.432. The molecule has 0 heterocycles. The Labute approximate surface area is 223 Å². The number of ether oxygens (including phenoxy) is 2. The number of aromatic hydroxyl groups is 4. The molecule has 12 nitrogen and oxygen atoms in total. The van der Waals surface area contributed by atoms with Crippen molar-refractivity contribution in [3.8, 4) is 23.0 Å². The minimum Gasteiger partial charge on any atom is -0.504 e. The van der Waals surface area contributed by atoms with Gasteiger partial charge in [0.15, 0.2) is 29.1 Å². The Morgan fingerprint density at radius 3 is 2.21 bits per heavy atom. The van der Waals surface area contributed by atoms with E-state index in [4.69, 9.17) is 9.47 Å². The number of carbonyl (C=O) groups is 3. The number of carbonyl (C=O) groups excluding carboxylic acids is 3. The van der Waals surface area contributed by atoms with Crippen molar-refractivity contribution in [1.29, 1.82) is 0 Å². The fourth-order valence-electron chi connectivity index (χ4n) is 4.08. The largest absolute Gasteiger partial charge is 0.504 e. The number of hydrogen-bond acceptors (Lipinski definition) is 11. The maximum absolute atomic E-state index is 12.5. The Hall–Kier alpha value is -4.55. The second-order valence-corrected chi connectivity index (χ2v) is 8.97. The van der Waals surface area contributed by atoms with Crippen molar-refractivity contribution in [3.63, 3.8) is 0 Å². The Kier molecular flexibility index (Phi) is 9.17. The van der Waals surface area contributed by atoms with E-state index in [1.54, 1.807) is 0 Å². The van der Waals surface area contributed by atoms with E-state index in [0.29, 0.717) is 11.1 Å². The van der Waals surface area contributed by atoms with Crippen molar-refractivity contribution in [2.75, 3.05) is 7.05 Å². The molecule has 1 aliphatic rings. The normalized spacial score (nSPS) is 23.0. The molecule has 4 atom stereocenters. The number of aliphatic hydroxyl groups excluding tert-OH is 1. The Morgan fingerprint density at radius 2 is 1.56 bits per heavy atom. The predicted octanol–water partition coefficient (Wildman–Crippen LogP) is 0.776. The lowest BCUT2D eigenvalue weighted by Gasteiger charge is -2.41. The lowest BCUT2D eigenvalue weighted by Crippen LogP contribution is -2.60. The molecule has 0 unspecified atom stereocenters. The maximum Gasteiger partial charge on any atom is 0.331 e. The minimum atomic E-state index is -2.10. The third kappa shape index (κ3) is 7.49. The number of allylic oxidation sites excluding steroid dienone is 1. The average Bonchev–Trinajstić information content (AvgIpc) is 2.88.